The SMILES string of the molecule is CC(=O)CC(=O)Nc1ccc(P(=O)([O-])[O-])cc1.[Na+].[Na+]. The average molecular weight is 301 g/mol. The number of anilines is 1. The van der Waals surface area contributed by atoms with Crippen molar-refractivity contribution in [1.29, 1.82) is 0 Å². The molecule has 0 radical (unpaired) electrons. The minimum Gasteiger partial charge on any atom is -0.807 e. The zero-order valence-corrected chi connectivity index (χ0v) is 15.9. The molecule has 0 aromatic heterocycles. The number of ketones is 1. The van der Waals surface area contributed by atoms with Gasteiger partial charge >= 0.3 is 59.1 Å². The summed E-state index contributed by atoms with van der Waals surface area (Å²) in [6.07, 6.45) is -0.247. The van der Waals surface area contributed by atoms with E-state index in [4.69, 9.17) is 0 Å². The zero-order valence-electron chi connectivity index (χ0n) is 11.0. The molecule has 1 amide bonds. The Balaban J connectivity index is 0. The Morgan fingerprint density at radius 1 is 1.16 bits per heavy atom. The summed E-state index contributed by atoms with van der Waals surface area (Å²) in [4.78, 5) is 43.1. The Kier molecular flexibility index (Phi) is 10.8. The quantitative estimate of drug-likeness (QED) is 0.338. The molecule has 1 aromatic carbocycles. The van der Waals surface area contributed by atoms with Crippen LogP contribution in [0.15, 0.2) is 24.3 Å². The van der Waals surface area contributed by atoms with Gasteiger partial charge in [0, 0.05) is 5.69 Å². The van der Waals surface area contributed by atoms with Gasteiger partial charge in [0.1, 0.15) is 5.78 Å². The van der Waals surface area contributed by atoms with Crippen LogP contribution in [0.2, 0.25) is 0 Å². The van der Waals surface area contributed by atoms with Gasteiger partial charge in [-0.15, -0.1) is 0 Å². The first-order chi connectivity index (χ1) is 7.79. The third-order valence-corrected chi connectivity index (χ3v) is 2.81. The van der Waals surface area contributed by atoms with Crippen molar-refractivity contribution in [3.8, 4) is 0 Å². The molecule has 1 rings (SSSR count). The van der Waals surface area contributed by atoms with Gasteiger partial charge < -0.3 is 19.7 Å². The fraction of sp³-hybridized carbons (Fsp3) is 0.200. The van der Waals surface area contributed by atoms with Gasteiger partial charge in [-0.3, -0.25) is 9.59 Å². The molecule has 0 heterocycles. The smallest absolute Gasteiger partial charge is 0.807 e. The number of hydrogen-bond donors (Lipinski definition) is 1. The molecule has 0 fully saturated rings. The summed E-state index contributed by atoms with van der Waals surface area (Å²) in [6, 6.07) is 4.78. The van der Waals surface area contributed by atoms with Crippen LogP contribution in [0.25, 0.3) is 0 Å². The van der Waals surface area contributed by atoms with Crippen LogP contribution in [0.3, 0.4) is 0 Å². The molecule has 0 aliphatic heterocycles. The second-order valence-corrected chi connectivity index (χ2v) is 4.98. The van der Waals surface area contributed by atoms with E-state index in [2.05, 4.69) is 5.32 Å². The normalized spacial score (nSPS) is 9.84. The van der Waals surface area contributed by atoms with Gasteiger partial charge in [-0.05, 0) is 32.0 Å². The van der Waals surface area contributed by atoms with Crippen molar-refractivity contribution in [1.82, 2.24) is 0 Å². The van der Waals surface area contributed by atoms with Crippen molar-refractivity contribution >= 4 is 30.3 Å². The Morgan fingerprint density at radius 2 is 1.63 bits per heavy atom. The van der Waals surface area contributed by atoms with E-state index in [-0.39, 0.29) is 76.6 Å². The maximum Gasteiger partial charge on any atom is 1.00 e. The van der Waals surface area contributed by atoms with E-state index in [1.165, 1.54) is 19.1 Å². The fourth-order valence-electron chi connectivity index (χ4n) is 1.16. The monoisotopic (exact) mass is 301 g/mol. The summed E-state index contributed by atoms with van der Waals surface area (Å²) in [6.45, 7) is 1.29. The van der Waals surface area contributed by atoms with Gasteiger partial charge in [-0.25, -0.2) is 0 Å². The first kappa shape index (κ1) is 21.8. The van der Waals surface area contributed by atoms with Crippen molar-refractivity contribution in [3.63, 3.8) is 0 Å². The average Bonchev–Trinajstić information content (AvgIpc) is 2.15. The number of hydrogen-bond acceptors (Lipinski definition) is 5. The van der Waals surface area contributed by atoms with Crippen LogP contribution in [0.1, 0.15) is 13.3 Å². The van der Waals surface area contributed by atoms with E-state index in [1.54, 1.807) is 0 Å². The minimum absolute atomic E-state index is 0. The van der Waals surface area contributed by atoms with Gasteiger partial charge in [0.15, 0.2) is 0 Å². The summed E-state index contributed by atoms with van der Waals surface area (Å²) in [5.74, 6) is -0.764. The summed E-state index contributed by atoms with van der Waals surface area (Å²) < 4.78 is 10.7. The van der Waals surface area contributed by atoms with Crippen LogP contribution in [-0.4, -0.2) is 11.7 Å². The third-order valence-electron chi connectivity index (χ3n) is 1.88. The largest absolute Gasteiger partial charge is 1.00 e. The molecule has 0 atom stereocenters. The van der Waals surface area contributed by atoms with Crippen molar-refractivity contribution in [2.45, 2.75) is 13.3 Å². The minimum atomic E-state index is -4.76. The Bertz CT molecular complexity index is 485. The van der Waals surface area contributed by atoms with Gasteiger partial charge in [-0.2, -0.15) is 0 Å². The van der Waals surface area contributed by atoms with Crippen molar-refractivity contribution in [2.24, 2.45) is 0 Å². The van der Waals surface area contributed by atoms with Gasteiger partial charge in [0.25, 0.3) is 0 Å². The summed E-state index contributed by atoms with van der Waals surface area (Å²) in [5, 5.41) is 2.05. The molecular formula is C10H10NNa2O5P. The zero-order chi connectivity index (χ0) is 13.1. The van der Waals surface area contributed by atoms with E-state index in [9.17, 15) is 23.9 Å². The Hall–Kier alpha value is 0.510. The number of carbonyl (C=O) groups is 2. The van der Waals surface area contributed by atoms with E-state index in [0.717, 1.165) is 12.1 Å². The number of carbonyl (C=O) groups excluding carboxylic acids is 2. The molecule has 0 bridgehead atoms. The van der Waals surface area contributed by atoms with Crippen LogP contribution < -0.4 is 79.5 Å². The molecule has 19 heavy (non-hydrogen) atoms. The predicted molar refractivity (Wildman–Crippen MR) is 57.6 cm³/mol. The Labute approximate surface area is 155 Å². The van der Waals surface area contributed by atoms with E-state index in [1.807, 2.05) is 0 Å². The van der Waals surface area contributed by atoms with Crippen LogP contribution in [-0.2, 0) is 14.2 Å². The number of rotatable bonds is 4. The summed E-state index contributed by atoms with van der Waals surface area (Å²) in [7, 11) is -4.76. The molecule has 0 saturated heterocycles. The standard InChI is InChI=1S/C10H12NO5P.2Na/c1-7(12)6-10(13)11-8-2-4-9(5-3-8)17(14,15)16;;/h2-5H,6H2,1H3,(H,11,13)(H2,14,15,16);;/q;2*+1/p-2. The molecule has 0 saturated carbocycles. The molecular weight excluding hydrogens is 291 g/mol. The first-order valence-electron chi connectivity index (χ1n) is 4.71. The first-order valence-corrected chi connectivity index (χ1v) is 6.25. The number of benzene rings is 1. The van der Waals surface area contributed by atoms with Gasteiger partial charge in [0.2, 0.25) is 5.91 Å². The van der Waals surface area contributed by atoms with Crippen LogP contribution in [0, 0.1) is 0 Å². The molecule has 92 valence electrons. The third kappa shape index (κ3) is 8.40. The molecule has 0 spiro atoms. The molecule has 9 heteroatoms. The predicted octanol–water partition coefficient (Wildman–Crippen LogP) is -6.85. The van der Waals surface area contributed by atoms with Gasteiger partial charge in [-0.1, -0.05) is 12.1 Å². The molecule has 6 nitrogen and oxygen atoms in total. The summed E-state index contributed by atoms with van der Waals surface area (Å²) >= 11 is 0. The topological polar surface area (TPSA) is 109 Å². The second kappa shape index (κ2) is 9.45. The van der Waals surface area contributed by atoms with Crippen molar-refractivity contribution in [3.05, 3.63) is 24.3 Å². The number of amides is 1. The van der Waals surface area contributed by atoms with Crippen molar-refractivity contribution in [2.75, 3.05) is 5.32 Å². The number of Topliss-reactive ketones (excluding diaryl/α,β-unsaturated/α-hetero) is 1. The molecule has 0 aliphatic carbocycles. The van der Waals surface area contributed by atoms with E-state index in [0.29, 0.717) is 5.69 Å². The maximum atomic E-state index is 11.2. The van der Waals surface area contributed by atoms with Crippen LogP contribution >= 0.6 is 7.60 Å². The Morgan fingerprint density at radius 3 is 2.00 bits per heavy atom. The van der Waals surface area contributed by atoms with E-state index < -0.39 is 13.5 Å². The fourth-order valence-corrected chi connectivity index (χ4v) is 1.67. The maximum absolute atomic E-state index is 11.2. The molecule has 1 N–H and O–H groups in total. The second-order valence-electron chi connectivity index (χ2n) is 3.47. The van der Waals surface area contributed by atoms with Gasteiger partial charge in [0.05, 0.1) is 6.42 Å². The molecule has 1 aromatic rings. The number of nitrogens with one attached hydrogen (secondary N) is 1. The van der Waals surface area contributed by atoms with Crippen LogP contribution in [0.5, 0.6) is 0 Å². The molecule has 0 unspecified atom stereocenters. The molecule has 0 aliphatic rings. The van der Waals surface area contributed by atoms with Crippen molar-refractivity contribution < 1.29 is 83.1 Å². The van der Waals surface area contributed by atoms with E-state index >= 15 is 0 Å². The van der Waals surface area contributed by atoms with Crippen LogP contribution in [0.4, 0.5) is 5.69 Å². The summed E-state index contributed by atoms with van der Waals surface area (Å²) in [5.41, 5.74) is 0.327.